The van der Waals surface area contributed by atoms with Crippen LogP contribution in [-0.2, 0) is 27.5 Å². The van der Waals surface area contributed by atoms with Gasteiger partial charge in [-0.2, -0.15) is 0 Å². The number of aromatic nitrogens is 1. The van der Waals surface area contributed by atoms with Gasteiger partial charge in [0.2, 0.25) is 11.1 Å². The molecule has 0 aliphatic carbocycles. The van der Waals surface area contributed by atoms with Crippen LogP contribution in [0.25, 0.3) is 10.9 Å². The molecular formula is C16H14ClNO4S2. The van der Waals surface area contributed by atoms with E-state index in [4.69, 9.17) is 11.6 Å². The molecule has 8 heteroatoms. The molecule has 126 valence electrons. The minimum absolute atomic E-state index is 0.0474. The van der Waals surface area contributed by atoms with E-state index in [0.717, 1.165) is 3.97 Å². The Bertz CT molecular complexity index is 1040. The number of halogens is 1. The van der Waals surface area contributed by atoms with Crippen LogP contribution in [0.2, 0.25) is 5.02 Å². The van der Waals surface area contributed by atoms with Crippen molar-refractivity contribution < 1.29 is 17.2 Å². The molecule has 0 radical (unpaired) electrons. The van der Waals surface area contributed by atoms with Gasteiger partial charge in [-0.3, -0.25) is 0 Å². The van der Waals surface area contributed by atoms with E-state index in [1.165, 1.54) is 12.1 Å². The predicted octanol–water partition coefficient (Wildman–Crippen LogP) is 3.67. The highest BCUT2D eigenvalue weighted by Crippen LogP contribution is 2.34. The van der Waals surface area contributed by atoms with Crippen molar-refractivity contribution in [3.63, 3.8) is 0 Å². The average Bonchev–Trinajstić information content (AvgIpc) is 2.90. The second-order valence-corrected chi connectivity index (χ2v) is 8.24. The van der Waals surface area contributed by atoms with E-state index in [2.05, 4.69) is 0 Å². The van der Waals surface area contributed by atoms with Gasteiger partial charge in [-0.05, 0) is 42.3 Å². The minimum Gasteiger partial charge on any atom is -0.301 e. The molecule has 1 N–H and O–H groups in total. The molecule has 1 heterocycles. The van der Waals surface area contributed by atoms with E-state index < -0.39 is 21.1 Å². The first kappa shape index (κ1) is 17.2. The second-order valence-electron chi connectivity index (χ2n) is 5.13. The van der Waals surface area contributed by atoms with Crippen LogP contribution in [-0.4, -0.2) is 21.2 Å². The highest BCUT2D eigenvalue weighted by Gasteiger charge is 2.29. The van der Waals surface area contributed by atoms with Gasteiger partial charge in [0.25, 0.3) is 10.0 Å². The number of fused-ring (bicyclic) bond motifs is 1. The lowest BCUT2D eigenvalue weighted by Gasteiger charge is -2.10. The number of rotatable bonds is 4. The van der Waals surface area contributed by atoms with Gasteiger partial charge in [0.05, 0.1) is 10.4 Å². The fourth-order valence-corrected chi connectivity index (χ4v) is 5.55. The Labute approximate surface area is 147 Å². The Hall–Kier alpha value is -1.67. The third-order valence-corrected chi connectivity index (χ3v) is 6.58. The van der Waals surface area contributed by atoms with Crippen molar-refractivity contribution in [1.29, 1.82) is 0 Å². The zero-order chi connectivity index (χ0) is 17.5. The fourth-order valence-electron chi connectivity index (χ4n) is 2.73. The summed E-state index contributed by atoms with van der Waals surface area (Å²) in [4.78, 5) is 0.0474. The molecule has 0 saturated carbocycles. The van der Waals surface area contributed by atoms with Crippen LogP contribution in [0, 0.1) is 0 Å². The maximum atomic E-state index is 13.1. The van der Waals surface area contributed by atoms with Crippen LogP contribution < -0.4 is 0 Å². The highest BCUT2D eigenvalue weighted by molar-refractivity contribution is 7.90. The molecule has 1 aromatic heterocycles. The topological polar surface area (TPSA) is 76.4 Å². The Morgan fingerprint density at radius 3 is 2.42 bits per heavy atom. The van der Waals surface area contributed by atoms with Crippen molar-refractivity contribution in [2.75, 3.05) is 0 Å². The molecule has 0 aliphatic heterocycles. The normalized spacial score (nSPS) is 13.3. The molecule has 0 aliphatic rings. The highest BCUT2D eigenvalue weighted by atomic mass is 35.5. The molecule has 3 rings (SSSR count). The maximum absolute atomic E-state index is 13.1. The third kappa shape index (κ3) is 2.67. The molecule has 0 amide bonds. The number of hydrogen-bond donors (Lipinski definition) is 1. The molecule has 0 spiro atoms. The Balaban J connectivity index is 2.48. The summed E-state index contributed by atoms with van der Waals surface area (Å²) in [5.41, 5.74) is 0.824. The summed E-state index contributed by atoms with van der Waals surface area (Å²) in [6.07, 6.45) is 0.399. The molecule has 0 saturated heterocycles. The summed E-state index contributed by atoms with van der Waals surface area (Å²) in [6, 6.07) is 12.5. The second kappa shape index (κ2) is 6.33. The number of hydrogen-bond acceptors (Lipinski definition) is 3. The summed E-state index contributed by atoms with van der Waals surface area (Å²) in [5, 5.41) is 0.849. The van der Waals surface area contributed by atoms with Crippen LogP contribution in [0.3, 0.4) is 0 Å². The predicted molar refractivity (Wildman–Crippen MR) is 94.4 cm³/mol. The van der Waals surface area contributed by atoms with Gasteiger partial charge in [0.1, 0.15) is 0 Å². The zero-order valence-electron chi connectivity index (χ0n) is 12.6. The van der Waals surface area contributed by atoms with Gasteiger partial charge in [0.15, 0.2) is 5.03 Å². The Morgan fingerprint density at radius 2 is 1.83 bits per heavy atom. The van der Waals surface area contributed by atoms with Gasteiger partial charge in [-0.25, -0.2) is 16.6 Å². The first-order valence-electron chi connectivity index (χ1n) is 7.12. The number of benzene rings is 2. The first-order chi connectivity index (χ1) is 11.4. The molecule has 2 aromatic carbocycles. The molecule has 1 unspecified atom stereocenters. The van der Waals surface area contributed by atoms with E-state index in [0.29, 0.717) is 27.9 Å². The van der Waals surface area contributed by atoms with Gasteiger partial charge in [-0.1, -0.05) is 36.7 Å². The van der Waals surface area contributed by atoms with Crippen LogP contribution in [0.1, 0.15) is 12.5 Å². The lowest BCUT2D eigenvalue weighted by atomic mass is 10.1. The molecule has 0 bridgehead atoms. The van der Waals surface area contributed by atoms with Crippen molar-refractivity contribution in [3.8, 4) is 0 Å². The van der Waals surface area contributed by atoms with Gasteiger partial charge < -0.3 is 4.55 Å². The van der Waals surface area contributed by atoms with E-state index in [9.17, 15) is 17.2 Å². The van der Waals surface area contributed by atoms with E-state index in [1.807, 2.05) is 0 Å². The summed E-state index contributed by atoms with van der Waals surface area (Å²) in [6.45, 7) is 1.80. The largest absolute Gasteiger partial charge is 0.301 e. The summed E-state index contributed by atoms with van der Waals surface area (Å²) in [7, 11) is -4.02. The van der Waals surface area contributed by atoms with Crippen molar-refractivity contribution in [1.82, 2.24) is 3.97 Å². The van der Waals surface area contributed by atoms with Gasteiger partial charge in [-0.15, -0.1) is 0 Å². The van der Waals surface area contributed by atoms with Crippen LogP contribution >= 0.6 is 11.6 Å². The third-order valence-electron chi connectivity index (χ3n) is 3.75. The van der Waals surface area contributed by atoms with Gasteiger partial charge in [0, 0.05) is 10.4 Å². The molecule has 5 nitrogen and oxygen atoms in total. The fraction of sp³-hybridized carbons (Fsp3) is 0.125. The molecule has 3 aromatic rings. The Kier molecular flexibility index (Phi) is 4.52. The molecule has 0 fully saturated rings. The summed E-state index contributed by atoms with van der Waals surface area (Å²) < 4.78 is 48.8. The standard InChI is InChI=1S/C16H14ClNO4S2/c1-2-13-14-10-11(17)8-9-15(14)18(16(13)23(19)20)24(21,22)12-6-4-3-5-7-12/h3-10H,2H2,1H3,(H,19,20). The maximum Gasteiger partial charge on any atom is 0.269 e. The smallest absolute Gasteiger partial charge is 0.269 e. The van der Waals surface area contributed by atoms with E-state index in [1.54, 1.807) is 43.3 Å². The van der Waals surface area contributed by atoms with Crippen LogP contribution in [0.4, 0.5) is 0 Å². The van der Waals surface area contributed by atoms with Crippen molar-refractivity contribution in [3.05, 3.63) is 59.1 Å². The Morgan fingerprint density at radius 1 is 1.17 bits per heavy atom. The number of aryl methyl sites for hydroxylation is 1. The number of nitrogens with zero attached hydrogens (tertiary/aromatic N) is 1. The van der Waals surface area contributed by atoms with E-state index in [-0.39, 0.29) is 9.92 Å². The summed E-state index contributed by atoms with van der Waals surface area (Å²) in [5.74, 6) is 0. The van der Waals surface area contributed by atoms with Crippen molar-refractivity contribution in [2.24, 2.45) is 0 Å². The van der Waals surface area contributed by atoms with Crippen molar-refractivity contribution >= 4 is 43.6 Å². The quantitative estimate of drug-likeness (QED) is 0.697. The van der Waals surface area contributed by atoms with E-state index >= 15 is 0 Å². The first-order valence-corrected chi connectivity index (χ1v) is 10.0. The lowest BCUT2D eigenvalue weighted by molar-refractivity contribution is 0.551. The van der Waals surface area contributed by atoms with Crippen molar-refractivity contribution in [2.45, 2.75) is 23.3 Å². The van der Waals surface area contributed by atoms with Crippen LogP contribution in [0.15, 0.2) is 58.5 Å². The van der Waals surface area contributed by atoms with Gasteiger partial charge >= 0.3 is 0 Å². The van der Waals surface area contributed by atoms with Crippen LogP contribution in [0.5, 0.6) is 0 Å². The lowest BCUT2D eigenvalue weighted by Crippen LogP contribution is -2.16. The molecular weight excluding hydrogens is 370 g/mol. The zero-order valence-corrected chi connectivity index (χ0v) is 15.0. The minimum atomic E-state index is -4.02. The average molecular weight is 384 g/mol. The molecule has 1 atom stereocenters. The SMILES string of the molecule is CCc1c(S(=O)O)n(S(=O)(=O)c2ccccc2)c2ccc(Cl)cc12. The molecule has 24 heavy (non-hydrogen) atoms. The monoisotopic (exact) mass is 383 g/mol. The summed E-state index contributed by atoms with van der Waals surface area (Å²) >= 11 is 3.55.